The number of carboxylic acid groups (broad SMARTS) is 1. The van der Waals surface area contributed by atoms with Crippen molar-refractivity contribution in [3.63, 3.8) is 0 Å². The van der Waals surface area contributed by atoms with E-state index in [0.717, 1.165) is 18.4 Å². The third-order valence-corrected chi connectivity index (χ3v) is 7.24. The second-order valence-corrected chi connectivity index (χ2v) is 9.84. The predicted octanol–water partition coefficient (Wildman–Crippen LogP) is 3.25. The summed E-state index contributed by atoms with van der Waals surface area (Å²) >= 11 is 4.36. The van der Waals surface area contributed by atoms with E-state index in [4.69, 9.17) is 4.74 Å². The molecular weight excluding hydrogens is 466 g/mol. The Morgan fingerprint density at radius 1 is 1.14 bits per heavy atom. The number of hydrogen-bond donors (Lipinski definition) is 4. The van der Waals surface area contributed by atoms with Gasteiger partial charge in [0.15, 0.2) is 0 Å². The topological polar surface area (TPSA) is 118 Å². The molecule has 1 aliphatic rings. The summed E-state index contributed by atoms with van der Waals surface area (Å²) in [6.07, 6.45) is 4.14. The Hall–Kier alpha value is -3.07. The fourth-order valence-corrected chi connectivity index (χ4v) is 4.36. The van der Waals surface area contributed by atoms with Gasteiger partial charge in [-0.05, 0) is 42.5 Å². The number of ether oxygens (including phenoxy) is 1. The highest BCUT2D eigenvalue weighted by Gasteiger charge is 2.44. The number of nitrogens with zero attached hydrogens (tertiary/aromatic N) is 1. The van der Waals surface area contributed by atoms with Crippen molar-refractivity contribution in [3.05, 3.63) is 48.2 Å². The number of aliphatic carboxylic acids is 1. The summed E-state index contributed by atoms with van der Waals surface area (Å²) in [6.45, 7) is 3.76. The fraction of sp³-hybridized carbons (Fsp3) is 0.462. The first-order valence-electron chi connectivity index (χ1n) is 11.8. The Labute approximate surface area is 211 Å². The molecule has 1 aromatic heterocycles. The molecule has 2 amide bonds. The van der Waals surface area contributed by atoms with Gasteiger partial charge in [-0.3, -0.25) is 14.6 Å². The maximum atomic E-state index is 13.3. The molecule has 35 heavy (non-hydrogen) atoms. The van der Waals surface area contributed by atoms with Gasteiger partial charge < -0.3 is 20.5 Å². The molecule has 188 valence electrons. The minimum Gasteiger partial charge on any atom is -0.496 e. The molecule has 0 saturated heterocycles. The smallest absolute Gasteiger partial charge is 0.326 e. The Bertz CT molecular complexity index is 1050. The van der Waals surface area contributed by atoms with Crippen LogP contribution in [0.1, 0.15) is 45.1 Å². The summed E-state index contributed by atoms with van der Waals surface area (Å²) < 4.78 is 5.38. The van der Waals surface area contributed by atoms with Crippen LogP contribution in [0.4, 0.5) is 0 Å². The van der Waals surface area contributed by atoms with E-state index in [9.17, 15) is 19.5 Å². The highest BCUT2D eigenvalue weighted by atomic mass is 32.1. The molecule has 2 aromatic rings. The summed E-state index contributed by atoms with van der Waals surface area (Å²) in [5.41, 5.74) is 1.07. The van der Waals surface area contributed by atoms with E-state index < -0.39 is 28.7 Å². The van der Waals surface area contributed by atoms with Crippen LogP contribution in [0.15, 0.2) is 42.6 Å². The number of amides is 2. The number of pyridine rings is 1. The average Bonchev–Trinajstić information content (AvgIpc) is 3.33. The average molecular weight is 500 g/mol. The van der Waals surface area contributed by atoms with Crippen molar-refractivity contribution in [1.82, 2.24) is 15.6 Å². The molecule has 0 radical (unpaired) electrons. The quantitative estimate of drug-likeness (QED) is 0.373. The molecule has 1 fully saturated rings. The van der Waals surface area contributed by atoms with Crippen LogP contribution in [-0.2, 0) is 20.8 Å². The number of thiol groups is 1. The van der Waals surface area contributed by atoms with E-state index in [2.05, 4.69) is 28.2 Å². The Balaban J connectivity index is 1.73. The normalized spacial score (nSPS) is 16.4. The zero-order chi connectivity index (χ0) is 25.6. The largest absolute Gasteiger partial charge is 0.496 e. The Kier molecular flexibility index (Phi) is 8.77. The van der Waals surface area contributed by atoms with Gasteiger partial charge >= 0.3 is 5.97 Å². The van der Waals surface area contributed by atoms with Gasteiger partial charge in [0, 0.05) is 18.2 Å². The number of benzene rings is 1. The number of para-hydroxylation sites is 1. The van der Waals surface area contributed by atoms with Crippen LogP contribution >= 0.6 is 12.6 Å². The first kappa shape index (κ1) is 26.5. The fourth-order valence-electron chi connectivity index (χ4n) is 4.29. The minimum absolute atomic E-state index is 0.00191. The number of rotatable bonds is 10. The lowest BCUT2D eigenvalue weighted by molar-refractivity contribution is -0.143. The van der Waals surface area contributed by atoms with Gasteiger partial charge in [-0.2, -0.15) is 12.6 Å². The maximum Gasteiger partial charge on any atom is 0.326 e. The van der Waals surface area contributed by atoms with Crippen LogP contribution in [-0.4, -0.2) is 51.8 Å². The van der Waals surface area contributed by atoms with Crippen molar-refractivity contribution in [1.29, 1.82) is 0 Å². The van der Waals surface area contributed by atoms with Crippen LogP contribution in [0.2, 0.25) is 0 Å². The van der Waals surface area contributed by atoms with Crippen LogP contribution in [0.5, 0.6) is 5.75 Å². The standard InChI is InChI=1S/C26H33N3O5S/c1-16(2)22(35)23(30)29-26(12-6-7-13-26)25(33)28-20(24(31)32)14-17-10-11-19(27-15-17)18-8-4-5-9-21(18)34-3/h4-5,8-11,15-16,20,22,35H,6-7,12-14H2,1-3H3,(H,28,33)(H,29,30)(H,31,32)/t20?,22-/m0/s1. The van der Waals surface area contributed by atoms with Gasteiger partial charge in [0.05, 0.1) is 18.1 Å². The molecule has 9 heteroatoms. The number of methoxy groups -OCH3 is 1. The van der Waals surface area contributed by atoms with Crippen molar-refractivity contribution < 1.29 is 24.2 Å². The second-order valence-electron chi connectivity index (χ2n) is 9.29. The lowest BCUT2D eigenvalue weighted by Gasteiger charge is -2.32. The van der Waals surface area contributed by atoms with Gasteiger partial charge in [-0.1, -0.05) is 44.9 Å². The number of carbonyl (C=O) groups excluding carboxylic acids is 2. The second kappa shape index (κ2) is 11.6. The molecule has 3 N–H and O–H groups in total. The van der Waals surface area contributed by atoms with Crippen molar-refractivity contribution >= 4 is 30.4 Å². The third-order valence-electron chi connectivity index (χ3n) is 6.41. The number of hydrogen-bond acceptors (Lipinski definition) is 6. The van der Waals surface area contributed by atoms with E-state index in [0.29, 0.717) is 29.8 Å². The molecule has 1 saturated carbocycles. The Morgan fingerprint density at radius 3 is 2.40 bits per heavy atom. The summed E-state index contributed by atoms with van der Waals surface area (Å²) in [4.78, 5) is 42.4. The lowest BCUT2D eigenvalue weighted by Crippen LogP contribution is -2.61. The van der Waals surface area contributed by atoms with Gasteiger partial charge in [0.25, 0.3) is 0 Å². The van der Waals surface area contributed by atoms with E-state index in [1.54, 1.807) is 25.4 Å². The molecule has 2 atom stereocenters. The number of nitrogens with one attached hydrogen (secondary N) is 2. The first-order valence-corrected chi connectivity index (χ1v) is 12.3. The molecule has 1 unspecified atom stereocenters. The van der Waals surface area contributed by atoms with Crippen molar-refractivity contribution in [2.24, 2.45) is 5.92 Å². The van der Waals surface area contributed by atoms with Gasteiger partial charge in [0.1, 0.15) is 17.3 Å². The molecular formula is C26H33N3O5S. The number of aromatic nitrogens is 1. The van der Waals surface area contributed by atoms with Crippen molar-refractivity contribution in [2.75, 3.05) is 7.11 Å². The van der Waals surface area contributed by atoms with Crippen molar-refractivity contribution in [3.8, 4) is 17.0 Å². The summed E-state index contributed by atoms with van der Waals surface area (Å²) in [5.74, 6) is -1.26. The minimum atomic E-state index is -1.16. The first-order chi connectivity index (χ1) is 16.7. The van der Waals surface area contributed by atoms with Crippen LogP contribution in [0.25, 0.3) is 11.3 Å². The zero-order valence-corrected chi connectivity index (χ0v) is 21.2. The highest BCUT2D eigenvalue weighted by molar-refractivity contribution is 7.81. The molecule has 3 rings (SSSR count). The molecule has 0 bridgehead atoms. The summed E-state index contributed by atoms with van der Waals surface area (Å²) in [5, 5.41) is 14.8. The van der Waals surface area contributed by atoms with E-state index in [-0.39, 0.29) is 18.2 Å². The van der Waals surface area contributed by atoms with Gasteiger partial charge in [-0.15, -0.1) is 0 Å². The number of carboxylic acids is 1. The molecule has 1 aliphatic carbocycles. The van der Waals surface area contributed by atoms with E-state index >= 15 is 0 Å². The van der Waals surface area contributed by atoms with Crippen LogP contribution in [0.3, 0.4) is 0 Å². The molecule has 0 aliphatic heterocycles. The zero-order valence-electron chi connectivity index (χ0n) is 20.3. The highest BCUT2D eigenvalue weighted by Crippen LogP contribution is 2.31. The number of carbonyl (C=O) groups is 3. The summed E-state index contributed by atoms with van der Waals surface area (Å²) in [7, 11) is 1.59. The van der Waals surface area contributed by atoms with Crippen LogP contribution < -0.4 is 15.4 Å². The lowest BCUT2D eigenvalue weighted by atomic mass is 9.94. The molecule has 1 heterocycles. The molecule has 0 spiro atoms. The molecule has 1 aromatic carbocycles. The maximum absolute atomic E-state index is 13.3. The van der Waals surface area contributed by atoms with E-state index in [1.807, 2.05) is 38.1 Å². The van der Waals surface area contributed by atoms with E-state index in [1.165, 1.54) is 0 Å². The predicted molar refractivity (Wildman–Crippen MR) is 136 cm³/mol. The van der Waals surface area contributed by atoms with Gasteiger partial charge in [-0.25, -0.2) is 4.79 Å². The van der Waals surface area contributed by atoms with Gasteiger partial charge in [0.2, 0.25) is 11.8 Å². The molecule has 8 nitrogen and oxygen atoms in total. The van der Waals surface area contributed by atoms with Crippen LogP contribution in [0, 0.1) is 5.92 Å². The van der Waals surface area contributed by atoms with Crippen molar-refractivity contribution in [2.45, 2.75) is 62.8 Å². The summed E-state index contributed by atoms with van der Waals surface area (Å²) in [6, 6.07) is 9.92. The Morgan fingerprint density at radius 2 is 1.83 bits per heavy atom. The monoisotopic (exact) mass is 499 g/mol. The third kappa shape index (κ3) is 6.33. The SMILES string of the molecule is COc1ccccc1-c1ccc(CC(NC(=O)C2(NC(=O)[C@@H](S)C(C)C)CCCC2)C(=O)O)cn1.